The Morgan fingerprint density at radius 1 is 1.50 bits per heavy atom. The molecule has 80 valence electrons. The summed E-state index contributed by atoms with van der Waals surface area (Å²) in [5.74, 6) is 0.896. The van der Waals surface area contributed by atoms with Crippen LogP contribution in [0.4, 0.5) is 5.13 Å². The highest BCUT2D eigenvalue weighted by atomic mass is 32.1. The van der Waals surface area contributed by atoms with Crippen molar-refractivity contribution in [2.24, 2.45) is 0 Å². The van der Waals surface area contributed by atoms with Gasteiger partial charge in [-0.25, -0.2) is 4.98 Å². The fourth-order valence-electron chi connectivity index (χ4n) is 1.09. The van der Waals surface area contributed by atoms with E-state index in [4.69, 9.17) is 5.11 Å². The molecule has 0 amide bonds. The summed E-state index contributed by atoms with van der Waals surface area (Å²) in [5, 5.41) is 13.0. The lowest BCUT2D eigenvalue weighted by molar-refractivity contribution is 0.272. The molecule has 5 heteroatoms. The average molecular weight is 215 g/mol. The maximum Gasteiger partial charge on any atom is 0.202 e. The van der Waals surface area contributed by atoms with Crippen molar-refractivity contribution < 1.29 is 5.11 Å². The number of nitrogens with one attached hydrogen (secondary N) is 1. The van der Waals surface area contributed by atoms with E-state index in [1.54, 1.807) is 0 Å². The topological polar surface area (TPSA) is 58.0 Å². The number of aromatic nitrogens is 2. The van der Waals surface area contributed by atoms with Crippen molar-refractivity contribution in [3.8, 4) is 0 Å². The number of anilines is 1. The Hall–Kier alpha value is -0.680. The molecular weight excluding hydrogens is 198 g/mol. The number of aliphatic hydroxyl groups excluding tert-OH is 1. The molecule has 0 aliphatic heterocycles. The van der Waals surface area contributed by atoms with E-state index in [0.29, 0.717) is 0 Å². The van der Waals surface area contributed by atoms with Crippen molar-refractivity contribution in [2.75, 3.05) is 11.9 Å². The molecule has 14 heavy (non-hydrogen) atoms. The van der Waals surface area contributed by atoms with Gasteiger partial charge in [-0.15, -0.1) is 0 Å². The molecule has 1 aromatic rings. The van der Waals surface area contributed by atoms with E-state index in [2.05, 4.69) is 21.6 Å². The highest BCUT2D eigenvalue weighted by molar-refractivity contribution is 7.09. The molecule has 4 nitrogen and oxygen atoms in total. The van der Waals surface area contributed by atoms with E-state index in [-0.39, 0.29) is 12.6 Å². The van der Waals surface area contributed by atoms with Crippen LogP contribution in [0.15, 0.2) is 0 Å². The third-order valence-electron chi connectivity index (χ3n) is 1.98. The summed E-state index contributed by atoms with van der Waals surface area (Å²) in [6.07, 6.45) is 2.88. The number of aryl methyl sites for hydroxylation is 1. The van der Waals surface area contributed by atoms with E-state index in [1.807, 2.05) is 6.92 Å². The molecule has 0 fully saturated rings. The van der Waals surface area contributed by atoms with Crippen LogP contribution in [0.25, 0.3) is 0 Å². The van der Waals surface area contributed by atoms with Gasteiger partial charge >= 0.3 is 0 Å². The second-order valence-electron chi connectivity index (χ2n) is 3.20. The quantitative estimate of drug-likeness (QED) is 0.758. The summed E-state index contributed by atoms with van der Waals surface area (Å²) in [7, 11) is 0. The molecule has 1 atom stereocenters. The van der Waals surface area contributed by atoms with E-state index in [9.17, 15) is 0 Å². The summed E-state index contributed by atoms with van der Waals surface area (Å²) in [5.41, 5.74) is 0. The smallest absolute Gasteiger partial charge is 0.202 e. The molecule has 0 aliphatic rings. The molecule has 0 radical (unpaired) electrons. The van der Waals surface area contributed by atoms with Crippen LogP contribution in [-0.4, -0.2) is 27.1 Å². The predicted octanol–water partition coefficient (Wildman–Crippen LogP) is 1.67. The monoisotopic (exact) mass is 215 g/mol. The molecule has 0 saturated carbocycles. The fraction of sp³-hybridized carbons (Fsp3) is 0.778. The van der Waals surface area contributed by atoms with Crippen molar-refractivity contribution in [3.05, 3.63) is 5.82 Å². The maximum absolute atomic E-state index is 8.99. The average Bonchev–Trinajstić information content (AvgIpc) is 2.63. The number of rotatable bonds is 6. The lowest BCUT2D eigenvalue weighted by atomic mass is 10.2. The van der Waals surface area contributed by atoms with Gasteiger partial charge in [0.2, 0.25) is 5.13 Å². The van der Waals surface area contributed by atoms with Gasteiger partial charge in [-0.05, 0) is 12.8 Å². The Kier molecular flexibility index (Phi) is 4.82. The molecule has 1 heterocycles. The zero-order chi connectivity index (χ0) is 10.4. The summed E-state index contributed by atoms with van der Waals surface area (Å²) in [4.78, 5) is 4.32. The molecule has 1 aromatic heterocycles. The Morgan fingerprint density at radius 2 is 2.29 bits per heavy atom. The molecule has 2 N–H and O–H groups in total. The fourth-order valence-corrected chi connectivity index (χ4v) is 1.78. The molecule has 0 saturated heterocycles. The second-order valence-corrected chi connectivity index (χ2v) is 3.95. The van der Waals surface area contributed by atoms with Gasteiger partial charge in [0.15, 0.2) is 0 Å². The van der Waals surface area contributed by atoms with E-state index in [1.165, 1.54) is 11.5 Å². The SMILES string of the molecule is CCCc1nsc(NC(CC)CO)n1. The summed E-state index contributed by atoms with van der Waals surface area (Å²) >= 11 is 1.37. The number of hydrogen-bond acceptors (Lipinski definition) is 5. The summed E-state index contributed by atoms with van der Waals surface area (Å²) in [6, 6.07) is 0.0948. The Labute approximate surface area is 88.6 Å². The van der Waals surface area contributed by atoms with E-state index in [0.717, 1.165) is 30.2 Å². The zero-order valence-corrected chi connectivity index (χ0v) is 9.47. The van der Waals surface area contributed by atoms with E-state index < -0.39 is 0 Å². The van der Waals surface area contributed by atoms with Crippen LogP contribution < -0.4 is 5.32 Å². The van der Waals surface area contributed by atoms with Gasteiger partial charge in [-0.1, -0.05) is 13.8 Å². The van der Waals surface area contributed by atoms with Gasteiger partial charge in [-0.2, -0.15) is 4.37 Å². The van der Waals surface area contributed by atoms with Crippen molar-refractivity contribution in [1.82, 2.24) is 9.36 Å². The van der Waals surface area contributed by atoms with E-state index >= 15 is 0 Å². The van der Waals surface area contributed by atoms with Crippen molar-refractivity contribution in [2.45, 2.75) is 39.2 Å². The van der Waals surface area contributed by atoms with Crippen molar-refractivity contribution in [1.29, 1.82) is 0 Å². The van der Waals surface area contributed by atoms with Crippen LogP contribution in [0, 0.1) is 0 Å². The number of hydrogen-bond donors (Lipinski definition) is 2. The lowest BCUT2D eigenvalue weighted by Gasteiger charge is -2.11. The van der Waals surface area contributed by atoms with Gasteiger partial charge in [0.25, 0.3) is 0 Å². The molecular formula is C9H17N3OS. The third kappa shape index (κ3) is 3.23. The van der Waals surface area contributed by atoms with Gasteiger partial charge in [0, 0.05) is 18.0 Å². The molecule has 0 aromatic carbocycles. The zero-order valence-electron chi connectivity index (χ0n) is 8.66. The Morgan fingerprint density at radius 3 is 2.86 bits per heavy atom. The van der Waals surface area contributed by atoms with Crippen LogP contribution in [0.2, 0.25) is 0 Å². The molecule has 0 aliphatic carbocycles. The van der Waals surface area contributed by atoms with Crippen LogP contribution in [0.3, 0.4) is 0 Å². The van der Waals surface area contributed by atoms with Crippen molar-refractivity contribution >= 4 is 16.7 Å². The normalized spacial score (nSPS) is 12.8. The first-order valence-corrected chi connectivity index (χ1v) is 5.77. The minimum Gasteiger partial charge on any atom is -0.394 e. The van der Waals surface area contributed by atoms with Gasteiger partial charge < -0.3 is 10.4 Å². The highest BCUT2D eigenvalue weighted by Crippen LogP contribution is 2.13. The van der Waals surface area contributed by atoms with Crippen LogP contribution >= 0.6 is 11.5 Å². The molecule has 0 spiro atoms. The van der Waals surface area contributed by atoms with Gasteiger partial charge in [-0.3, -0.25) is 0 Å². The molecule has 1 rings (SSSR count). The minimum absolute atomic E-state index is 0.0948. The molecule has 1 unspecified atom stereocenters. The van der Waals surface area contributed by atoms with Crippen molar-refractivity contribution in [3.63, 3.8) is 0 Å². The standard InChI is InChI=1S/C9H17N3OS/c1-3-5-8-11-9(14-12-8)10-7(4-2)6-13/h7,13H,3-6H2,1-2H3,(H,10,11,12). The van der Waals surface area contributed by atoms with Gasteiger partial charge in [0.05, 0.1) is 12.6 Å². The highest BCUT2D eigenvalue weighted by Gasteiger charge is 2.08. The van der Waals surface area contributed by atoms with Gasteiger partial charge in [0.1, 0.15) is 5.82 Å². The first-order valence-electron chi connectivity index (χ1n) is 5.00. The largest absolute Gasteiger partial charge is 0.394 e. The Balaban J connectivity index is 2.49. The predicted molar refractivity (Wildman–Crippen MR) is 58.7 cm³/mol. The van der Waals surface area contributed by atoms with Crippen LogP contribution in [0.1, 0.15) is 32.5 Å². The summed E-state index contributed by atoms with van der Waals surface area (Å²) < 4.78 is 4.21. The Bertz CT molecular complexity index is 260. The summed E-state index contributed by atoms with van der Waals surface area (Å²) in [6.45, 7) is 4.28. The maximum atomic E-state index is 8.99. The lowest BCUT2D eigenvalue weighted by Crippen LogP contribution is -2.22. The minimum atomic E-state index is 0.0948. The van der Waals surface area contributed by atoms with Crippen LogP contribution in [-0.2, 0) is 6.42 Å². The third-order valence-corrected chi connectivity index (χ3v) is 2.67. The van der Waals surface area contributed by atoms with Crippen LogP contribution in [0.5, 0.6) is 0 Å². The molecule has 0 bridgehead atoms. The first-order chi connectivity index (χ1) is 6.80. The number of nitrogens with zero attached hydrogens (tertiary/aromatic N) is 2. The number of aliphatic hydroxyl groups is 1. The first kappa shape index (κ1) is 11.4. The second kappa shape index (κ2) is 5.93.